The molecule has 3 aromatic rings. The van der Waals surface area contributed by atoms with Crippen molar-refractivity contribution < 1.29 is 4.42 Å². The molecular formula is C16H10BrIO. The van der Waals surface area contributed by atoms with Gasteiger partial charge in [0.15, 0.2) is 0 Å². The molecule has 0 fully saturated rings. The molecule has 0 aliphatic carbocycles. The van der Waals surface area contributed by atoms with Gasteiger partial charge in [-0.05, 0) is 40.8 Å². The molecule has 2 aromatic carbocycles. The molecule has 0 bridgehead atoms. The molecule has 94 valence electrons. The fourth-order valence-corrected chi connectivity index (χ4v) is 2.88. The number of halogens is 2. The van der Waals surface area contributed by atoms with E-state index in [1.165, 1.54) is 0 Å². The van der Waals surface area contributed by atoms with Gasteiger partial charge in [-0.25, -0.2) is 0 Å². The minimum atomic E-state index is 0.905. The lowest BCUT2D eigenvalue weighted by Crippen LogP contribution is -1.75. The SMILES string of the molecule is Brc1ccc(-c2oc(-c3ccccc3)cc2I)cc1. The van der Waals surface area contributed by atoms with Crippen LogP contribution in [0, 0.1) is 3.57 Å². The third kappa shape index (κ3) is 2.77. The summed E-state index contributed by atoms with van der Waals surface area (Å²) < 4.78 is 8.20. The van der Waals surface area contributed by atoms with Crippen LogP contribution in [0.25, 0.3) is 22.6 Å². The average Bonchev–Trinajstić information content (AvgIpc) is 2.83. The molecule has 1 aromatic heterocycles. The number of furan rings is 1. The van der Waals surface area contributed by atoms with Gasteiger partial charge in [-0.1, -0.05) is 58.4 Å². The Balaban J connectivity index is 2.05. The second kappa shape index (κ2) is 5.51. The minimum Gasteiger partial charge on any atom is -0.455 e. The topological polar surface area (TPSA) is 13.1 Å². The van der Waals surface area contributed by atoms with E-state index in [0.717, 1.165) is 30.7 Å². The van der Waals surface area contributed by atoms with E-state index in [2.05, 4.69) is 68.9 Å². The summed E-state index contributed by atoms with van der Waals surface area (Å²) >= 11 is 5.76. The maximum Gasteiger partial charge on any atom is 0.148 e. The van der Waals surface area contributed by atoms with Crippen molar-refractivity contribution in [2.45, 2.75) is 0 Å². The molecule has 1 heterocycles. The van der Waals surface area contributed by atoms with Crippen LogP contribution in [-0.2, 0) is 0 Å². The zero-order chi connectivity index (χ0) is 13.2. The van der Waals surface area contributed by atoms with Crippen molar-refractivity contribution in [2.24, 2.45) is 0 Å². The smallest absolute Gasteiger partial charge is 0.148 e. The van der Waals surface area contributed by atoms with Crippen molar-refractivity contribution in [3.63, 3.8) is 0 Å². The number of rotatable bonds is 2. The molecule has 0 radical (unpaired) electrons. The average molecular weight is 425 g/mol. The minimum absolute atomic E-state index is 0.905. The molecule has 0 aliphatic rings. The van der Waals surface area contributed by atoms with E-state index in [1.807, 2.05) is 30.3 Å². The molecule has 0 saturated carbocycles. The summed E-state index contributed by atoms with van der Waals surface area (Å²) in [6.45, 7) is 0. The Bertz CT molecular complexity index is 687. The van der Waals surface area contributed by atoms with Gasteiger partial charge in [-0.15, -0.1) is 0 Å². The second-order valence-electron chi connectivity index (χ2n) is 4.16. The molecule has 0 aliphatic heterocycles. The van der Waals surface area contributed by atoms with Crippen LogP contribution in [-0.4, -0.2) is 0 Å². The Kier molecular flexibility index (Phi) is 3.75. The van der Waals surface area contributed by atoms with Crippen molar-refractivity contribution in [1.29, 1.82) is 0 Å². The quantitative estimate of drug-likeness (QED) is 0.461. The first-order chi connectivity index (χ1) is 9.24. The largest absolute Gasteiger partial charge is 0.455 e. The lowest BCUT2D eigenvalue weighted by molar-refractivity contribution is 0.596. The second-order valence-corrected chi connectivity index (χ2v) is 6.24. The number of hydrogen-bond donors (Lipinski definition) is 0. The lowest BCUT2D eigenvalue weighted by Gasteiger charge is -1.99. The van der Waals surface area contributed by atoms with E-state index in [9.17, 15) is 0 Å². The third-order valence-electron chi connectivity index (χ3n) is 2.85. The van der Waals surface area contributed by atoms with Gasteiger partial charge in [0.1, 0.15) is 11.5 Å². The van der Waals surface area contributed by atoms with E-state index < -0.39 is 0 Å². The highest BCUT2D eigenvalue weighted by Crippen LogP contribution is 2.33. The van der Waals surface area contributed by atoms with Crippen molar-refractivity contribution in [3.8, 4) is 22.6 Å². The first-order valence-corrected chi connectivity index (χ1v) is 7.72. The summed E-state index contributed by atoms with van der Waals surface area (Å²) in [7, 11) is 0. The van der Waals surface area contributed by atoms with Gasteiger partial charge in [0.2, 0.25) is 0 Å². The van der Waals surface area contributed by atoms with Gasteiger partial charge in [0, 0.05) is 15.6 Å². The van der Waals surface area contributed by atoms with Gasteiger partial charge < -0.3 is 4.42 Å². The summed E-state index contributed by atoms with van der Waals surface area (Å²) in [5.74, 6) is 1.83. The molecule has 0 atom stereocenters. The van der Waals surface area contributed by atoms with Gasteiger partial charge in [0.25, 0.3) is 0 Å². The Morgan fingerprint density at radius 1 is 0.842 bits per heavy atom. The van der Waals surface area contributed by atoms with Crippen LogP contribution in [0.2, 0.25) is 0 Å². The zero-order valence-corrected chi connectivity index (χ0v) is 13.7. The van der Waals surface area contributed by atoms with E-state index in [0.29, 0.717) is 0 Å². The fraction of sp³-hybridized carbons (Fsp3) is 0. The lowest BCUT2D eigenvalue weighted by atomic mass is 10.2. The standard InChI is InChI=1S/C16H10BrIO/c17-13-8-6-12(7-9-13)16-14(18)10-15(19-16)11-4-2-1-3-5-11/h1-10H. The summed E-state index contributed by atoms with van der Waals surface area (Å²) in [5.41, 5.74) is 2.19. The van der Waals surface area contributed by atoms with Crippen LogP contribution in [0.3, 0.4) is 0 Å². The van der Waals surface area contributed by atoms with Crippen LogP contribution in [0.5, 0.6) is 0 Å². The summed E-state index contributed by atoms with van der Waals surface area (Å²) in [5, 5.41) is 0. The zero-order valence-electron chi connectivity index (χ0n) is 9.94. The normalized spacial score (nSPS) is 10.6. The fourth-order valence-electron chi connectivity index (χ4n) is 1.91. The van der Waals surface area contributed by atoms with Crippen molar-refractivity contribution in [2.75, 3.05) is 0 Å². The Morgan fingerprint density at radius 3 is 2.21 bits per heavy atom. The predicted octanol–water partition coefficient (Wildman–Crippen LogP) is 5.98. The maximum absolute atomic E-state index is 6.00. The van der Waals surface area contributed by atoms with Gasteiger partial charge >= 0.3 is 0 Å². The summed E-state index contributed by atoms with van der Waals surface area (Å²) in [6.07, 6.45) is 0. The first-order valence-electron chi connectivity index (χ1n) is 5.85. The summed E-state index contributed by atoms with van der Waals surface area (Å²) in [6, 6.07) is 20.4. The van der Waals surface area contributed by atoms with Gasteiger partial charge in [0.05, 0.1) is 3.57 Å². The molecule has 1 nitrogen and oxygen atoms in total. The molecule has 0 spiro atoms. The predicted molar refractivity (Wildman–Crippen MR) is 90.0 cm³/mol. The Hall–Kier alpha value is -1.07. The molecule has 0 N–H and O–H groups in total. The third-order valence-corrected chi connectivity index (χ3v) is 4.18. The van der Waals surface area contributed by atoms with Crippen LogP contribution >= 0.6 is 38.5 Å². The Morgan fingerprint density at radius 2 is 1.53 bits per heavy atom. The molecule has 3 rings (SSSR count). The van der Waals surface area contributed by atoms with E-state index in [1.54, 1.807) is 0 Å². The molecule has 0 amide bonds. The highest BCUT2D eigenvalue weighted by molar-refractivity contribution is 14.1. The highest BCUT2D eigenvalue weighted by Gasteiger charge is 2.12. The number of hydrogen-bond acceptors (Lipinski definition) is 1. The highest BCUT2D eigenvalue weighted by atomic mass is 127. The van der Waals surface area contributed by atoms with E-state index in [4.69, 9.17) is 4.42 Å². The van der Waals surface area contributed by atoms with E-state index in [-0.39, 0.29) is 0 Å². The molecular weight excluding hydrogens is 415 g/mol. The summed E-state index contributed by atoms with van der Waals surface area (Å²) in [4.78, 5) is 0. The first kappa shape index (κ1) is 12.9. The molecule has 0 saturated heterocycles. The van der Waals surface area contributed by atoms with Crippen LogP contribution in [0.15, 0.2) is 69.6 Å². The van der Waals surface area contributed by atoms with E-state index >= 15 is 0 Å². The maximum atomic E-state index is 6.00. The van der Waals surface area contributed by atoms with Crippen molar-refractivity contribution in [1.82, 2.24) is 0 Å². The van der Waals surface area contributed by atoms with Crippen LogP contribution in [0.4, 0.5) is 0 Å². The monoisotopic (exact) mass is 424 g/mol. The van der Waals surface area contributed by atoms with Gasteiger partial charge in [-0.3, -0.25) is 0 Å². The van der Waals surface area contributed by atoms with Crippen molar-refractivity contribution >= 4 is 38.5 Å². The molecule has 0 unspecified atom stereocenters. The Labute approximate surface area is 133 Å². The molecule has 19 heavy (non-hydrogen) atoms. The van der Waals surface area contributed by atoms with Crippen molar-refractivity contribution in [3.05, 3.63) is 68.7 Å². The van der Waals surface area contributed by atoms with Crippen LogP contribution < -0.4 is 0 Å². The van der Waals surface area contributed by atoms with Gasteiger partial charge in [-0.2, -0.15) is 0 Å². The van der Waals surface area contributed by atoms with Crippen LogP contribution in [0.1, 0.15) is 0 Å². The number of benzene rings is 2. The molecule has 3 heteroatoms.